The Morgan fingerprint density at radius 2 is 2.21 bits per heavy atom. The third kappa shape index (κ3) is 5.10. The van der Waals surface area contributed by atoms with Crippen molar-refractivity contribution in [1.29, 1.82) is 0 Å². The Morgan fingerprint density at radius 1 is 1.47 bits per heavy atom. The van der Waals surface area contributed by atoms with Crippen LogP contribution in [0.3, 0.4) is 0 Å². The zero-order chi connectivity index (χ0) is 14.3. The molecule has 0 unspecified atom stereocenters. The highest BCUT2D eigenvalue weighted by Gasteiger charge is 2.15. The summed E-state index contributed by atoms with van der Waals surface area (Å²) in [6.07, 6.45) is 0. The first kappa shape index (κ1) is 15.8. The van der Waals surface area contributed by atoms with Crippen LogP contribution >= 0.6 is 23.4 Å². The predicted octanol–water partition coefficient (Wildman–Crippen LogP) is 2.36. The van der Waals surface area contributed by atoms with Gasteiger partial charge in [0.15, 0.2) is 0 Å². The number of halogens is 1. The number of methoxy groups -OCH3 is 1. The number of ether oxygens (including phenoxy) is 1. The molecule has 0 aliphatic heterocycles. The highest BCUT2D eigenvalue weighted by Crippen LogP contribution is 2.26. The summed E-state index contributed by atoms with van der Waals surface area (Å²) in [5.41, 5.74) is 0.108. The molecule has 0 spiro atoms. The maximum atomic E-state index is 11.7. The minimum Gasteiger partial charge on any atom is -0.478 e. The van der Waals surface area contributed by atoms with Gasteiger partial charge < -0.3 is 15.2 Å². The van der Waals surface area contributed by atoms with Gasteiger partial charge in [-0.1, -0.05) is 17.7 Å². The summed E-state index contributed by atoms with van der Waals surface area (Å²) in [5, 5.41) is 11.7. The Morgan fingerprint density at radius 3 is 2.84 bits per heavy atom. The number of carbonyl (C=O) groups excluding carboxylic acids is 1. The number of rotatable bonds is 7. The molecule has 2 N–H and O–H groups in total. The molecule has 104 valence electrons. The van der Waals surface area contributed by atoms with Crippen LogP contribution in [0, 0.1) is 0 Å². The number of carbonyl (C=O) groups is 2. The monoisotopic (exact) mass is 303 g/mol. The van der Waals surface area contributed by atoms with Crippen molar-refractivity contribution < 1.29 is 19.4 Å². The fourth-order valence-electron chi connectivity index (χ4n) is 1.31. The molecule has 0 saturated heterocycles. The number of carboxylic acids is 1. The quantitative estimate of drug-likeness (QED) is 0.756. The van der Waals surface area contributed by atoms with E-state index in [1.165, 1.54) is 30.0 Å². The number of hydrogen-bond acceptors (Lipinski definition) is 4. The average Bonchev–Trinajstić information content (AvgIpc) is 2.37. The van der Waals surface area contributed by atoms with Gasteiger partial charge in [0.25, 0.3) is 0 Å². The molecule has 0 fully saturated rings. The number of benzene rings is 1. The number of nitrogens with one attached hydrogen (secondary N) is 1. The Labute approximate surface area is 120 Å². The molecule has 5 nitrogen and oxygen atoms in total. The first-order valence-corrected chi connectivity index (χ1v) is 6.98. The van der Waals surface area contributed by atoms with E-state index in [1.54, 1.807) is 7.11 Å². The van der Waals surface area contributed by atoms with Crippen LogP contribution < -0.4 is 5.32 Å². The van der Waals surface area contributed by atoms with E-state index in [2.05, 4.69) is 5.32 Å². The fraction of sp³-hybridized carbons (Fsp3) is 0.333. The number of hydrogen-bond donors (Lipinski definition) is 2. The first-order valence-electron chi connectivity index (χ1n) is 5.44. The van der Waals surface area contributed by atoms with Crippen LogP contribution in [0.5, 0.6) is 0 Å². The number of aromatic carboxylic acids is 1. The number of para-hydroxylation sites is 1. The molecule has 0 heterocycles. The van der Waals surface area contributed by atoms with Gasteiger partial charge in [0.2, 0.25) is 5.91 Å². The van der Waals surface area contributed by atoms with Crippen molar-refractivity contribution in [2.45, 2.75) is 0 Å². The van der Waals surface area contributed by atoms with Gasteiger partial charge in [-0.15, -0.1) is 11.8 Å². The minimum absolute atomic E-state index is 0.0252. The maximum Gasteiger partial charge on any atom is 0.337 e. The van der Waals surface area contributed by atoms with Gasteiger partial charge in [0, 0.05) is 12.9 Å². The molecule has 0 atom stereocenters. The Kier molecular flexibility index (Phi) is 6.69. The van der Waals surface area contributed by atoms with Crippen LogP contribution in [0.1, 0.15) is 10.4 Å². The van der Waals surface area contributed by atoms with Crippen molar-refractivity contribution in [2.24, 2.45) is 0 Å². The van der Waals surface area contributed by atoms with Crippen LogP contribution in [0.15, 0.2) is 18.2 Å². The number of carboxylic acid groups (broad SMARTS) is 1. The van der Waals surface area contributed by atoms with Crippen LogP contribution in [0.2, 0.25) is 5.02 Å². The highest BCUT2D eigenvalue weighted by molar-refractivity contribution is 7.99. The molecule has 1 aromatic rings. The van der Waals surface area contributed by atoms with Gasteiger partial charge in [-0.2, -0.15) is 0 Å². The summed E-state index contributed by atoms with van der Waals surface area (Å²) in [6, 6.07) is 4.44. The van der Waals surface area contributed by atoms with E-state index >= 15 is 0 Å². The normalized spacial score (nSPS) is 10.2. The van der Waals surface area contributed by atoms with Gasteiger partial charge in [0.1, 0.15) is 0 Å². The SMILES string of the molecule is COCCSCC(=O)Nc1c(Cl)cccc1C(=O)O. The van der Waals surface area contributed by atoms with Crippen LogP contribution in [0.25, 0.3) is 0 Å². The van der Waals surface area contributed by atoms with Crippen molar-refractivity contribution >= 4 is 40.9 Å². The largest absolute Gasteiger partial charge is 0.478 e. The molecular formula is C12H14ClNO4S. The predicted molar refractivity (Wildman–Crippen MR) is 76.2 cm³/mol. The third-order valence-electron chi connectivity index (χ3n) is 2.17. The van der Waals surface area contributed by atoms with E-state index in [0.717, 1.165) is 0 Å². The Hall–Kier alpha value is -1.24. The zero-order valence-electron chi connectivity index (χ0n) is 10.3. The number of amides is 1. The van der Waals surface area contributed by atoms with E-state index < -0.39 is 5.97 Å². The van der Waals surface area contributed by atoms with Gasteiger partial charge in [-0.05, 0) is 12.1 Å². The second-order valence-electron chi connectivity index (χ2n) is 3.56. The topological polar surface area (TPSA) is 75.6 Å². The van der Waals surface area contributed by atoms with Crippen molar-refractivity contribution in [1.82, 2.24) is 0 Å². The standard InChI is InChI=1S/C12H14ClNO4S/c1-18-5-6-19-7-10(15)14-11-8(12(16)17)3-2-4-9(11)13/h2-4H,5-7H2,1H3,(H,14,15)(H,16,17). The lowest BCUT2D eigenvalue weighted by molar-refractivity contribution is -0.113. The second-order valence-corrected chi connectivity index (χ2v) is 5.07. The molecule has 0 aromatic heterocycles. The number of thioether (sulfide) groups is 1. The van der Waals surface area contributed by atoms with Crippen molar-refractivity contribution in [3.8, 4) is 0 Å². The molecule has 7 heteroatoms. The smallest absolute Gasteiger partial charge is 0.337 e. The summed E-state index contributed by atoms with van der Waals surface area (Å²) < 4.78 is 4.86. The molecule has 0 aliphatic carbocycles. The molecule has 1 amide bonds. The Bertz CT molecular complexity index is 467. The number of anilines is 1. The first-order chi connectivity index (χ1) is 9.06. The molecule has 1 rings (SSSR count). The summed E-state index contributed by atoms with van der Waals surface area (Å²) in [4.78, 5) is 22.7. The van der Waals surface area contributed by atoms with Crippen molar-refractivity contribution in [3.05, 3.63) is 28.8 Å². The molecule has 0 bridgehead atoms. The summed E-state index contributed by atoms with van der Waals surface area (Å²) >= 11 is 7.29. The van der Waals surface area contributed by atoms with E-state index in [0.29, 0.717) is 12.4 Å². The van der Waals surface area contributed by atoms with Crippen molar-refractivity contribution in [2.75, 3.05) is 30.5 Å². The van der Waals surface area contributed by atoms with Gasteiger partial charge >= 0.3 is 5.97 Å². The Balaban J connectivity index is 2.66. The van der Waals surface area contributed by atoms with Crippen LogP contribution in [-0.2, 0) is 9.53 Å². The summed E-state index contributed by atoms with van der Waals surface area (Å²) in [6.45, 7) is 0.560. The molecule has 0 radical (unpaired) electrons. The minimum atomic E-state index is -1.13. The molecule has 1 aromatic carbocycles. The maximum absolute atomic E-state index is 11.7. The fourth-order valence-corrected chi connectivity index (χ4v) is 2.22. The average molecular weight is 304 g/mol. The van der Waals surface area contributed by atoms with E-state index in [1.807, 2.05) is 0 Å². The van der Waals surface area contributed by atoms with Crippen molar-refractivity contribution in [3.63, 3.8) is 0 Å². The lowest BCUT2D eigenvalue weighted by Gasteiger charge is -2.10. The van der Waals surface area contributed by atoms with Gasteiger partial charge in [-0.25, -0.2) is 4.79 Å². The van der Waals surface area contributed by atoms with E-state index in [4.69, 9.17) is 21.4 Å². The third-order valence-corrected chi connectivity index (χ3v) is 3.41. The van der Waals surface area contributed by atoms with Gasteiger partial charge in [0.05, 0.1) is 28.6 Å². The van der Waals surface area contributed by atoms with E-state index in [9.17, 15) is 9.59 Å². The lowest BCUT2D eigenvalue weighted by atomic mass is 10.2. The van der Waals surface area contributed by atoms with E-state index in [-0.39, 0.29) is 27.9 Å². The molecule has 0 aliphatic rings. The molecule has 0 saturated carbocycles. The van der Waals surface area contributed by atoms with Crippen LogP contribution in [-0.4, -0.2) is 42.2 Å². The summed E-state index contributed by atoms with van der Waals surface area (Å²) in [5.74, 6) is -0.521. The molecular weight excluding hydrogens is 290 g/mol. The van der Waals surface area contributed by atoms with Gasteiger partial charge in [-0.3, -0.25) is 4.79 Å². The highest BCUT2D eigenvalue weighted by atomic mass is 35.5. The molecule has 19 heavy (non-hydrogen) atoms. The van der Waals surface area contributed by atoms with Crippen LogP contribution in [0.4, 0.5) is 5.69 Å². The summed E-state index contributed by atoms with van der Waals surface area (Å²) in [7, 11) is 1.59. The zero-order valence-corrected chi connectivity index (χ0v) is 11.9. The second kappa shape index (κ2) is 8.04. The lowest BCUT2D eigenvalue weighted by Crippen LogP contribution is -2.17.